The van der Waals surface area contributed by atoms with E-state index >= 15 is 0 Å². The van der Waals surface area contributed by atoms with Gasteiger partial charge in [0.25, 0.3) is 0 Å². The molecular weight excluding hydrogens is 382 g/mol. The molecule has 1 fully saturated rings. The molecule has 0 radical (unpaired) electrons. The molecule has 0 saturated carbocycles. The van der Waals surface area contributed by atoms with E-state index in [1.807, 2.05) is 13.1 Å². The van der Waals surface area contributed by atoms with Gasteiger partial charge in [-0.25, -0.2) is 0 Å². The molecule has 0 spiro atoms. The van der Waals surface area contributed by atoms with Crippen LogP contribution in [0.1, 0.15) is 56.6 Å². The summed E-state index contributed by atoms with van der Waals surface area (Å²) < 4.78 is 4.29. The Kier molecular flexibility index (Phi) is 6.30. The van der Waals surface area contributed by atoms with Crippen LogP contribution < -0.4 is 0 Å². The Balaban J connectivity index is 1.63. The number of rotatable bonds is 7. The summed E-state index contributed by atoms with van der Waals surface area (Å²) in [6.07, 6.45) is 4.73. The van der Waals surface area contributed by atoms with Crippen LogP contribution in [0, 0.1) is 0 Å². The first kappa shape index (κ1) is 20.1. The Morgan fingerprint density at radius 1 is 0.966 bits per heavy atom. The molecule has 2 aromatic heterocycles. The van der Waals surface area contributed by atoms with Gasteiger partial charge in [0.1, 0.15) is 11.6 Å². The second kappa shape index (κ2) is 9.09. The molecule has 0 N–H and O–H groups in total. The van der Waals surface area contributed by atoms with Crippen molar-refractivity contribution in [3.63, 3.8) is 0 Å². The van der Waals surface area contributed by atoms with Crippen molar-refractivity contribution in [2.24, 2.45) is 7.05 Å². The average molecular weight is 412 g/mol. The number of benzene rings is 1. The highest BCUT2D eigenvalue weighted by molar-refractivity contribution is 7.98. The minimum atomic E-state index is 0.235. The molecule has 0 unspecified atom stereocenters. The van der Waals surface area contributed by atoms with E-state index in [0.717, 1.165) is 47.8 Å². The van der Waals surface area contributed by atoms with E-state index in [2.05, 4.69) is 72.5 Å². The zero-order chi connectivity index (χ0) is 20.2. The topological polar surface area (TPSA) is 64.7 Å². The first-order valence-electron chi connectivity index (χ1n) is 10.4. The van der Waals surface area contributed by atoms with Crippen LogP contribution in [0.15, 0.2) is 35.5 Å². The number of thioether (sulfide) groups is 1. The van der Waals surface area contributed by atoms with Crippen molar-refractivity contribution in [1.82, 2.24) is 34.4 Å². The molecule has 1 aliphatic heterocycles. The lowest BCUT2D eigenvalue weighted by atomic mass is 10.1. The molecular formula is C21H29N7S. The normalized spacial score (nSPS) is 16.2. The smallest absolute Gasteiger partial charge is 0.196 e. The van der Waals surface area contributed by atoms with E-state index in [1.54, 1.807) is 11.8 Å². The van der Waals surface area contributed by atoms with Crippen molar-refractivity contribution in [2.45, 2.75) is 56.5 Å². The van der Waals surface area contributed by atoms with Gasteiger partial charge in [-0.3, -0.25) is 9.47 Å². The predicted octanol–water partition coefficient (Wildman–Crippen LogP) is 3.80. The Hall–Kier alpha value is -2.19. The van der Waals surface area contributed by atoms with Crippen LogP contribution >= 0.6 is 11.8 Å². The summed E-state index contributed by atoms with van der Waals surface area (Å²) in [6, 6.07) is 10.7. The van der Waals surface area contributed by atoms with Crippen molar-refractivity contribution in [3.8, 4) is 5.69 Å². The van der Waals surface area contributed by atoms with E-state index < -0.39 is 0 Å². The van der Waals surface area contributed by atoms with Crippen molar-refractivity contribution < 1.29 is 0 Å². The third kappa shape index (κ3) is 4.23. The van der Waals surface area contributed by atoms with Gasteiger partial charge < -0.3 is 4.57 Å². The third-order valence-corrected chi connectivity index (χ3v) is 6.61. The second-order valence-corrected chi connectivity index (χ2v) is 8.46. The number of hydrogen-bond acceptors (Lipinski definition) is 6. The maximum Gasteiger partial charge on any atom is 0.196 e. The lowest BCUT2D eigenvalue weighted by Gasteiger charge is -2.31. The van der Waals surface area contributed by atoms with Gasteiger partial charge in [-0.1, -0.05) is 43.3 Å². The SMILES string of the molecule is CCc1nnc(CSc2nnc([C@@H](C)N3CCCCC3)n2-c2ccccc2)n1C. The van der Waals surface area contributed by atoms with E-state index in [-0.39, 0.29) is 6.04 Å². The standard InChI is InChI=1S/C21H29N7S/c1-4-18-22-23-19(26(18)3)15-29-21-25-24-20(16(2)27-13-9-6-10-14-27)28(21)17-11-7-5-8-12-17/h5,7-8,11-12,16H,4,6,9-10,13-15H2,1-3H3/t16-/m1/s1. The van der Waals surface area contributed by atoms with Gasteiger partial charge in [-0.05, 0) is 45.0 Å². The largest absolute Gasteiger partial charge is 0.317 e. The Morgan fingerprint density at radius 2 is 1.69 bits per heavy atom. The fourth-order valence-electron chi connectivity index (χ4n) is 3.90. The van der Waals surface area contributed by atoms with Gasteiger partial charge in [-0.2, -0.15) is 0 Å². The summed E-state index contributed by atoms with van der Waals surface area (Å²) in [6.45, 7) is 6.61. The first-order valence-corrected chi connectivity index (χ1v) is 11.4. The van der Waals surface area contributed by atoms with Crippen LogP contribution in [0.2, 0.25) is 0 Å². The molecule has 0 aliphatic carbocycles. The highest BCUT2D eigenvalue weighted by Gasteiger charge is 2.25. The summed E-state index contributed by atoms with van der Waals surface area (Å²) in [5, 5.41) is 18.7. The van der Waals surface area contributed by atoms with Crippen LogP contribution in [-0.2, 0) is 19.2 Å². The number of aromatic nitrogens is 6. The molecule has 154 valence electrons. The maximum absolute atomic E-state index is 4.63. The van der Waals surface area contributed by atoms with Crippen LogP contribution in [-0.4, -0.2) is 47.5 Å². The average Bonchev–Trinajstić information content (AvgIpc) is 3.36. The van der Waals surface area contributed by atoms with Gasteiger partial charge in [0, 0.05) is 19.2 Å². The van der Waals surface area contributed by atoms with Crippen LogP contribution in [0.25, 0.3) is 5.69 Å². The lowest BCUT2D eigenvalue weighted by Crippen LogP contribution is -2.33. The van der Waals surface area contributed by atoms with Crippen molar-refractivity contribution in [1.29, 1.82) is 0 Å². The van der Waals surface area contributed by atoms with Crippen molar-refractivity contribution in [3.05, 3.63) is 47.8 Å². The molecule has 4 rings (SSSR count). The first-order chi connectivity index (χ1) is 14.2. The Labute approximate surface area is 176 Å². The summed E-state index contributed by atoms with van der Waals surface area (Å²) in [7, 11) is 2.03. The molecule has 29 heavy (non-hydrogen) atoms. The summed E-state index contributed by atoms with van der Waals surface area (Å²) in [4.78, 5) is 2.53. The molecule has 0 amide bonds. The zero-order valence-corrected chi connectivity index (χ0v) is 18.3. The van der Waals surface area contributed by atoms with Crippen LogP contribution in [0.5, 0.6) is 0 Å². The van der Waals surface area contributed by atoms with E-state index in [4.69, 9.17) is 0 Å². The lowest BCUT2D eigenvalue weighted by molar-refractivity contribution is 0.167. The quantitative estimate of drug-likeness (QED) is 0.551. The highest BCUT2D eigenvalue weighted by atomic mass is 32.2. The maximum atomic E-state index is 4.63. The van der Waals surface area contributed by atoms with Gasteiger partial charge in [-0.15, -0.1) is 20.4 Å². The fraction of sp³-hybridized carbons (Fsp3) is 0.524. The number of likely N-dealkylation sites (tertiary alicyclic amines) is 1. The molecule has 7 nitrogen and oxygen atoms in total. The van der Waals surface area contributed by atoms with Crippen molar-refractivity contribution in [2.75, 3.05) is 13.1 Å². The zero-order valence-electron chi connectivity index (χ0n) is 17.5. The van der Waals surface area contributed by atoms with Gasteiger partial charge in [0.2, 0.25) is 0 Å². The molecule has 1 saturated heterocycles. The summed E-state index contributed by atoms with van der Waals surface area (Å²) in [5.74, 6) is 3.68. The molecule has 3 aromatic rings. The fourth-order valence-corrected chi connectivity index (χ4v) is 4.83. The number of para-hydroxylation sites is 1. The highest BCUT2D eigenvalue weighted by Crippen LogP contribution is 2.30. The summed E-state index contributed by atoms with van der Waals surface area (Å²) >= 11 is 1.67. The molecule has 0 bridgehead atoms. The van der Waals surface area contributed by atoms with Gasteiger partial charge in [0.05, 0.1) is 11.8 Å². The van der Waals surface area contributed by atoms with E-state index in [1.165, 1.54) is 19.3 Å². The molecule has 1 aliphatic rings. The number of hydrogen-bond donors (Lipinski definition) is 0. The summed E-state index contributed by atoms with van der Waals surface area (Å²) in [5.41, 5.74) is 1.10. The Bertz CT molecular complexity index is 928. The predicted molar refractivity (Wildman–Crippen MR) is 115 cm³/mol. The molecule has 3 heterocycles. The number of nitrogens with zero attached hydrogens (tertiary/aromatic N) is 7. The van der Waals surface area contributed by atoms with Gasteiger partial charge in [0.15, 0.2) is 11.0 Å². The van der Waals surface area contributed by atoms with E-state index in [0.29, 0.717) is 5.75 Å². The Morgan fingerprint density at radius 3 is 2.38 bits per heavy atom. The second-order valence-electron chi connectivity index (χ2n) is 7.52. The van der Waals surface area contributed by atoms with E-state index in [9.17, 15) is 0 Å². The third-order valence-electron chi connectivity index (χ3n) is 5.69. The van der Waals surface area contributed by atoms with Gasteiger partial charge >= 0.3 is 0 Å². The van der Waals surface area contributed by atoms with Crippen LogP contribution in [0.3, 0.4) is 0 Å². The molecule has 8 heteroatoms. The van der Waals surface area contributed by atoms with Crippen molar-refractivity contribution >= 4 is 11.8 Å². The number of piperidine rings is 1. The molecule has 1 atom stereocenters. The monoisotopic (exact) mass is 411 g/mol. The molecule has 1 aromatic carbocycles. The minimum absolute atomic E-state index is 0.235. The number of aryl methyl sites for hydroxylation is 1. The van der Waals surface area contributed by atoms with Crippen LogP contribution in [0.4, 0.5) is 0 Å². The minimum Gasteiger partial charge on any atom is -0.317 e.